The van der Waals surface area contributed by atoms with E-state index < -0.39 is 11.9 Å². The Balaban J connectivity index is 0.000000809. The van der Waals surface area contributed by atoms with Gasteiger partial charge in [-0.25, -0.2) is 0 Å². The van der Waals surface area contributed by atoms with Gasteiger partial charge in [0.15, 0.2) is 0 Å². The van der Waals surface area contributed by atoms with E-state index >= 15 is 0 Å². The van der Waals surface area contributed by atoms with Gasteiger partial charge < -0.3 is 24.4 Å². The average Bonchev–Trinajstić information content (AvgIpc) is 2.77. The van der Waals surface area contributed by atoms with Crippen molar-refractivity contribution in [1.29, 1.82) is 0 Å². The molecule has 0 saturated heterocycles. The topological polar surface area (TPSA) is 102 Å². The molecule has 0 amide bonds. The molecule has 0 spiro atoms. The van der Waals surface area contributed by atoms with Crippen LogP contribution >= 0.6 is 0 Å². The van der Waals surface area contributed by atoms with Crippen LogP contribution in [0.1, 0.15) is 70.8 Å². The summed E-state index contributed by atoms with van der Waals surface area (Å²) in [5.74, 6) is -1.74. The van der Waals surface area contributed by atoms with E-state index in [9.17, 15) is 9.59 Å². The van der Waals surface area contributed by atoms with Gasteiger partial charge in [-0.2, -0.15) is 0 Å². The summed E-state index contributed by atoms with van der Waals surface area (Å²) < 4.78 is 17.2. The Hall–Kier alpha value is -1.96. The summed E-state index contributed by atoms with van der Waals surface area (Å²) in [4.78, 5) is 19.8. The molecule has 32 heavy (non-hydrogen) atoms. The Labute approximate surface area is 193 Å². The molecule has 1 unspecified atom stereocenters. The van der Waals surface area contributed by atoms with Crippen molar-refractivity contribution >= 4 is 11.9 Å². The highest BCUT2D eigenvalue weighted by molar-refractivity contribution is 5.67. The Bertz CT molecular complexity index is 547. The molecule has 0 saturated carbocycles. The highest BCUT2D eigenvalue weighted by Gasteiger charge is 2.10. The average molecular weight is 455 g/mol. The first-order valence-electron chi connectivity index (χ1n) is 11.7. The van der Waals surface area contributed by atoms with E-state index in [4.69, 9.17) is 24.4 Å². The second-order valence-electron chi connectivity index (χ2n) is 7.57. The second kappa shape index (κ2) is 22.2. The molecule has 0 radical (unpaired) electrons. The Morgan fingerprint density at radius 1 is 0.781 bits per heavy atom. The molecule has 1 rings (SSSR count). The predicted octanol–water partition coefficient (Wildman–Crippen LogP) is 4.96. The lowest BCUT2D eigenvalue weighted by atomic mass is 10.1. The van der Waals surface area contributed by atoms with Crippen LogP contribution in [-0.2, 0) is 30.2 Å². The summed E-state index contributed by atoms with van der Waals surface area (Å²) in [7, 11) is 0. The van der Waals surface area contributed by atoms with Crippen molar-refractivity contribution in [2.24, 2.45) is 0 Å². The maximum Gasteiger partial charge on any atom is 0.303 e. The molecule has 0 bridgehead atoms. The number of aliphatic carboxylic acids is 2. The van der Waals surface area contributed by atoms with Gasteiger partial charge >= 0.3 is 11.9 Å². The fourth-order valence-corrected chi connectivity index (χ4v) is 2.67. The molecule has 7 heteroatoms. The monoisotopic (exact) mass is 454 g/mol. The van der Waals surface area contributed by atoms with Gasteiger partial charge in [0, 0.05) is 32.5 Å². The van der Waals surface area contributed by atoms with E-state index in [0.717, 1.165) is 38.9 Å². The molecule has 1 aromatic rings. The van der Waals surface area contributed by atoms with Crippen LogP contribution in [0.3, 0.4) is 0 Å². The van der Waals surface area contributed by atoms with Gasteiger partial charge in [0.05, 0.1) is 25.9 Å². The molecule has 1 aromatic carbocycles. The summed E-state index contributed by atoms with van der Waals surface area (Å²) in [6.07, 6.45) is 6.60. The van der Waals surface area contributed by atoms with Crippen molar-refractivity contribution in [3.63, 3.8) is 0 Å². The first-order valence-corrected chi connectivity index (χ1v) is 11.7. The third kappa shape index (κ3) is 21.3. The minimum atomic E-state index is -0.870. The van der Waals surface area contributed by atoms with Crippen LogP contribution in [0, 0.1) is 0 Å². The van der Waals surface area contributed by atoms with Crippen molar-refractivity contribution < 1.29 is 34.0 Å². The highest BCUT2D eigenvalue weighted by Crippen LogP contribution is 2.08. The summed E-state index contributed by atoms with van der Waals surface area (Å²) in [6.45, 7) is 7.95. The van der Waals surface area contributed by atoms with Crippen molar-refractivity contribution in [1.82, 2.24) is 0 Å². The van der Waals surface area contributed by atoms with Gasteiger partial charge in [0.2, 0.25) is 0 Å². The first kappa shape index (κ1) is 30.0. The van der Waals surface area contributed by atoms with Gasteiger partial charge in [-0.15, -0.1) is 0 Å². The van der Waals surface area contributed by atoms with Crippen LogP contribution in [0.4, 0.5) is 0 Å². The normalized spacial score (nSPS) is 11.4. The van der Waals surface area contributed by atoms with Crippen LogP contribution in [-0.4, -0.2) is 61.3 Å². The molecule has 0 aliphatic carbocycles. The summed E-state index contributed by atoms with van der Waals surface area (Å²) in [6, 6.07) is 10.5. The molecular formula is C25H42O7. The maximum absolute atomic E-state index is 9.90. The first-order chi connectivity index (χ1) is 15.5. The van der Waals surface area contributed by atoms with Crippen LogP contribution in [0.25, 0.3) is 0 Å². The minimum absolute atomic E-state index is 0.0628. The largest absolute Gasteiger partial charge is 0.481 e. The maximum atomic E-state index is 9.90. The molecule has 184 valence electrons. The van der Waals surface area contributed by atoms with Crippen molar-refractivity contribution in [2.75, 3.05) is 33.0 Å². The molecule has 2 N–H and O–H groups in total. The number of carboxylic acid groups (broad SMARTS) is 2. The Kier molecular flexibility index (Phi) is 20.9. The lowest BCUT2D eigenvalue weighted by Gasteiger charge is -2.18. The van der Waals surface area contributed by atoms with E-state index in [1.165, 1.54) is 12.0 Å². The van der Waals surface area contributed by atoms with Crippen molar-refractivity contribution in [3.8, 4) is 0 Å². The number of ether oxygens (including phenoxy) is 3. The molecule has 0 aliphatic rings. The van der Waals surface area contributed by atoms with Crippen LogP contribution in [0.5, 0.6) is 0 Å². The van der Waals surface area contributed by atoms with Crippen LogP contribution in [0.15, 0.2) is 30.3 Å². The molecule has 7 nitrogen and oxygen atoms in total. The summed E-state index contributed by atoms with van der Waals surface area (Å²) >= 11 is 0. The Morgan fingerprint density at radius 3 is 1.91 bits per heavy atom. The van der Waals surface area contributed by atoms with Gasteiger partial charge in [-0.05, 0) is 31.2 Å². The molecule has 0 heterocycles. The number of unbranched alkanes of at least 4 members (excludes halogenated alkanes) is 3. The lowest BCUT2D eigenvalue weighted by molar-refractivity contribution is -0.139. The zero-order valence-electron chi connectivity index (χ0n) is 19.8. The van der Waals surface area contributed by atoms with Crippen LogP contribution in [0.2, 0.25) is 0 Å². The van der Waals surface area contributed by atoms with E-state index in [1.54, 1.807) is 0 Å². The third-order valence-corrected chi connectivity index (χ3v) is 4.51. The highest BCUT2D eigenvalue weighted by atomic mass is 16.5. The van der Waals surface area contributed by atoms with Gasteiger partial charge in [-0.3, -0.25) is 9.59 Å². The van der Waals surface area contributed by atoms with E-state index in [1.807, 2.05) is 6.07 Å². The van der Waals surface area contributed by atoms with E-state index in [0.29, 0.717) is 32.7 Å². The predicted molar refractivity (Wildman–Crippen MR) is 125 cm³/mol. The number of hydrogen-bond donors (Lipinski definition) is 2. The quantitative estimate of drug-likeness (QED) is 0.285. The molecule has 0 aliphatic heterocycles. The Morgan fingerprint density at radius 2 is 1.34 bits per heavy atom. The van der Waals surface area contributed by atoms with E-state index in [2.05, 4.69) is 38.1 Å². The van der Waals surface area contributed by atoms with E-state index in [-0.39, 0.29) is 18.9 Å². The fourth-order valence-electron chi connectivity index (χ4n) is 2.67. The number of carbonyl (C=O) groups is 2. The van der Waals surface area contributed by atoms with Crippen molar-refractivity contribution in [3.05, 3.63) is 35.9 Å². The minimum Gasteiger partial charge on any atom is -0.481 e. The smallest absolute Gasteiger partial charge is 0.303 e. The summed E-state index contributed by atoms with van der Waals surface area (Å²) in [5.41, 5.74) is 1.30. The van der Waals surface area contributed by atoms with Gasteiger partial charge in [0.25, 0.3) is 0 Å². The van der Waals surface area contributed by atoms with Crippen LogP contribution < -0.4 is 0 Å². The molecule has 0 aromatic heterocycles. The lowest BCUT2D eigenvalue weighted by Crippen LogP contribution is -2.24. The second-order valence-corrected chi connectivity index (χ2v) is 7.57. The molecule has 1 atom stereocenters. The van der Waals surface area contributed by atoms with Gasteiger partial charge in [0.1, 0.15) is 0 Å². The SMILES string of the molecule is CCCCOCCOCC(Cc1ccccc1)OCCCC.O=C(O)CCCCC(=O)O. The van der Waals surface area contributed by atoms with Gasteiger partial charge in [-0.1, -0.05) is 57.0 Å². The molecule has 0 fully saturated rings. The third-order valence-electron chi connectivity index (χ3n) is 4.51. The number of rotatable bonds is 19. The number of benzene rings is 1. The van der Waals surface area contributed by atoms with Crippen molar-refractivity contribution in [2.45, 2.75) is 77.7 Å². The number of carboxylic acids is 2. The molecular weight excluding hydrogens is 412 g/mol. The number of hydrogen-bond acceptors (Lipinski definition) is 5. The summed E-state index contributed by atoms with van der Waals surface area (Å²) in [5, 5.41) is 16.3. The zero-order valence-corrected chi connectivity index (χ0v) is 19.8. The fraction of sp³-hybridized carbons (Fsp3) is 0.680. The standard InChI is InChI=1S/C19H32O3.C6H10O4/c1-3-5-12-20-14-15-21-17-19(22-13-6-4-2)16-18-10-8-7-9-11-18;7-5(8)3-1-2-4-6(9)10/h7-11,19H,3-6,12-17H2,1-2H3;1-4H2,(H,7,8)(H,9,10). The zero-order chi connectivity index (χ0) is 23.9.